The standard InChI is InChI=1S/C27H18BrN3O3/c28-23-16-13-20(17-24(23)31(32)33)27-29-25(18-7-3-1-4-8-18)26(30-27)19-11-14-22(15-12-19)34-21-9-5-2-6-10-21/h1-17H,(H,29,30). The molecule has 166 valence electrons. The molecule has 0 atom stereocenters. The van der Waals surface area contributed by atoms with Crippen LogP contribution >= 0.6 is 15.9 Å². The molecule has 5 rings (SSSR count). The summed E-state index contributed by atoms with van der Waals surface area (Å²) in [6.45, 7) is 0. The van der Waals surface area contributed by atoms with Crippen molar-refractivity contribution in [3.63, 3.8) is 0 Å². The molecule has 1 heterocycles. The summed E-state index contributed by atoms with van der Waals surface area (Å²) >= 11 is 3.24. The van der Waals surface area contributed by atoms with Gasteiger partial charge in [0.05, 0.1) is 20.8 Å². The molecule has 0 spiro atoms. The Labute approximate surface area is 204 Å². The van der Waals surface area contributed by atoms with Crippen LogP contribution in [0.5, 0.6) is 11.5 Å². The van der Waals surface area contributed by atoms with Crippen molar-refractivity contribution >= 4 is 21.6 Å². The molecule has 0 radical (unpaired) electrons. The van der Waals surface area contributed by atoms with Gasteiger partial charge in [-0.25, -0.2) is 4.98 Å². The Morgan fingerprint density at radius 1 is 0.765 bits per heavy atom. The summed E-state index contributed by atoms with van der Waals surface area (Å²) < 4.78 is 6.33. The molecule has 0 unspecified atom stereocenters. The van der Waals surface area contributed by atoms with E-state index < -0.39 is 4.92 Å². The van der Waals surface area contributed by atoms with Gasteiger partial charge in [0.1, 0.15) is 17.3 Å². The van der Waals surface area contributed by atoms with Crippen molar-refractivity contribution < 1.29 is 9.66 Å². The molecule has 0 saturated carbocycles. The van der Waals surface area contributed by atoms with Crippen LogP contribution in [0.25, 0.3) is 33.9 Å². The van der Waals surface area contributed by atoms with Gasteiger partial charge in [0, 0.05) is 22.8 Å². The van der Waals surface area contributed by atoms with Gasteiger partial charge in [0.2, 0.25) is 0 Å². The molecule has 34 heavy (non-hydrogen) atoms. The maximum absolute atomic E-state index is 11.4. The number of nitrogens with zero attached hydrogens (tertiary/aromatic N) is 2. The zero-order chi connectivity index (χ0) is 23.5. The number of aromatic amines is 1. The van der Waals surface area contributed by atoms with E-state index in [1.807, 2.05) is 84.9 Å². The van der Waals surface area contributed by atoms with Crippen LogP contribution in [0.3, 0.4) is 0 Å². The van der Waals surface area contributed by atoms with Crippen LogP contribution < -0.4 is 4.74 Å². The van der Waals surface area contributed by atoms with Gasteiger partial charge < -0.3 is 9.72 Å². The number of benzene rings is 4. The molecule has 1 N–H and O–H groups in total. The van der Waals surface area contributed by atoms with E-state index in [1.54, 1.807) is 12.1 Å². The smallest absolute Gasteiger partial charge is 0.284 e. The van der Waals surface area contributed by atoms with E-state index in [0.717, 1.165) is 34.0 Å². The van der Waals surface area contributed by atoms with Gasteiger partial charge in [-0.15, -0.1) is 0 Å². The first kappa shape index (κ1) is 21.6. The Morgan fingerprint density at radius 2 is 1.38 bits per heavy atom. The quantitative estimate of drug-likeness (QED) is 0.185. The summed E-state index contributed by atoms with van der Waals surface area (Å²) in [5, 5.41) is 11.4. The van der Waals surface area contributed by atoms with Crippen LogP contribution in [0.4, 0.5) is 5.69 Å². The fourth-order valence-corrected chi connectivity index (χ4v) is 4.03. The molecule has 0 saturated heterocycles. The third-order valence-electron chi connectivity index (χ3n) is 5.29. The van der Waals surface area contributed by atoms with Crippen LogP contribution in [0.2, 0.25) is 0 Å². The Morgan fingerprint density at radius 3 is 2.06 bits per heavy atom. The Kier molecular flexibility index (Phi) is 5.93. The number of nitro benzene ring substituents is 1. The van der Waals surface area contributed by atoms with Crippen molar-refractivity contribution in [2.75, 3.05) is 0 Å². The molecule has 0 bridgehead atoms. The zero-order valence-electron chi connectivity index (χ0n) is 17.8. The van der Waals surface area contributed by atoms with E-state index in [1.165, 1.54) is 6.07 Å². The van der Waals surface area contributed by atoms with E-state index in [2.05, 4.69) is 20.9 Å². The molecule has 0 aliphatic carbocycles. The highest BCUT2D eigenvalue weighted by Gasteiger charge is 2.18. The first-order valence-corrected chi connectivity index (χ1v) is 11.3. The second kappa shape index (κ2) is 9.33. The number of aromatic nitrogens is 2. The number of halogens is 1. The second-order valence-electron chi connectivity index (χ2n) is 7.54. The number of hydrogen-bond acceptors (Lipinski definition) is 4. The Bertz CT molecular complexity index is 1450. The topological polar surface area (TPSA) is 81.1 Å². The number of ether oxygens (including phenoxy) is 1. The van der Waals surface area contributed by atoms with Crippen LogP contribution in [-0.4, -0.2) is 14.9 Å². The van der Waals surface area contributed by atoms with Crippen LogP contribution in [-0.2, 0) is 0 Å². The first-order chi connectivity index (χ1) is 16.6. The molecule has 0 aliphatic heterocycles. The van der Waals surface area contributed by atoms with Crippen molar-refractivity contribution in [3.8, 4) is 45.4 Å². The predicted octanol–water partition coefficient (Wildman–Crippen LogP) is 7.87. The van der Waals surface area contributed by atoms with E-state index in [-0.39, 0.29) is 5.69 Å². The van der Waals surface area contributed by atoms with E-state index in [0.29, 0.717) is 15.9 Å². The zero-order valence-corrected chi connectivity index (χ0v) is 19.4. The molecule has 0 fully saturated rings. The van der Waals surface area contributed by atoms with Gasteiger partial charge in [0.15, 0.2) is 0 Å². The van der Waals surface area contributed by atoms with Crippen molar-refractivity contribution in [2.45, 2.75) is 0 Å². The summed E-state index contributed by atoms with van der Waals surface area (Å²) in [6, 6.07) is 32.1. The van der Waals surface area contributed by atoms with Gasteiger partial charge >= 0.3 is 0 Å². The number of rotatable bonds is 6. The summed E-state index contributed by atoms with van der Waals surface area (Å²) in [5.74, 6) is 2.04. The van der Waals surface area contributed by atoms with Crippen LogP contribution in [0.15, 0.2) is 108 Å². The monoisotopic (exact) mass is 511 g/mol. The molecule has 6 nitrogen and oxygen atoms in total. The summed E-state index contributed by atoms with van der Waals surface area (Å²) in [4.78, 5) is 19.2. The summed E-state index contributed by atoms with van der Waals surface area (Å²) in [5.41, 5.74) is 4.05. The largest absolute Gasteiger partial charge is 0.457 e. The molecular weight excluding hydrogens is 494 g/mol. The maximum atomic E-state index is 11.4. The SMILES string of the molecule is O=[N+]([O-])c1cc(-c2nc(-c3ccccc3)c(-c3ccc(Oc4ccccc4)cc3)[nH]2)ccc1Br. The lowest BCUT2D eigenvalue weighted by molar-refractivity contribution is -0.385. The first-order valence-electron chi connectivity index (χ1n) is 10.5. The average molecular weight is 512 g/mol. The fraction of sp³-hybridized carbons (Fsp3) is 0. The minimum atomic E-state index is -0.416. The third-order valence-corrected chi connectivity index (χ3v) is 5.96. The molecule has 1 aromatic heterocycles. The van der Waals surface area contributed by atoms with Crippen molar-refractivity contribution in [2.24, 2.45) is 0 Å². The lowest BCUT2D eigenvalue weighted by atomic mass is 10.1. The number of nitro groups is 1. The Hall–Kier alpha value is -4.23. The predicted molar refractivity (Wildman–Crippen MR) is 136 cm³/mol. The lowest BCUT2D eigenvalue weighted by Crippen LogP contribution is -1.91. The minimum Gasteiger partial charge on any atom is -0.457 e. The van der Waals surface area contributed by atoms with E-state index in [9.17, 15) is 10.1 Å². The minimum absolute atomic E-state index is 0.0147. The summed E-state index contributed by atoms with van der Waals surface area (Å²) in [6.07, 6.45) is 0. The second-order valence-corrected chi connectivity index (χ2v) is 8.39. The molecule has 5 aromatic rings. The highest BCUT2D eigenvalue weighted by atomic mass is 79.9. The molecule has 4 aromatic carbocycles. The van der Waals surface area contributed by atoms with Gasteiger partial charge in [-0.2, -0.15) is 0 Å². The van der Waals surface area contributed by atoms with Gasteiger partial charge in [-0.3, -0.25) is 10.1 Å². The highest BCUT2D eigenvalue weighted by Crippen LogP contribution is 2.36. The van der Waals surface area contributed by atoms with Gasteiger partial charge in [0.25, 0.3) is 5.69 Å². The third kappa shape index (κ3) is 4.46. The van der Waals surface area contributed by atoms with Gasteiger partial charge in [-0.1, -0.05) is 48.5 Å². The fourth-order valence-electron chi connectivity index (χ4n) is 3.64. The number of para-hydroxylation sites is 1. The molecule has 0 aliphatic rings. The molecular formula is C27H18BrN3O3. The number of imidazole rings is 1. The number of nitrogens with one attached hydrogen (secondary N) is 1. The average Bonchev–Trinajstić information content (AvgIpc) is 3.31. The van der Waals surface area contributed by atoms with Crippen molar-refractivity contribution in [1.29, 1.82) is 0 Å². The number of H-pyrrole nitrogens is 1. The van der Waals surface area contributed by atoms with E-state index >= 15 is 0 Å². The normalized spacial score (nSPS) is 10.7. The van der Waals surface area contributed by atoms with Gasteiger partial charge in [-0.05, 0) is 64.5 Å². The number of hydrogen-bond donors (Lipinski definition) is 1. The van der Waals surface area contributed by atoms with Crippen LogP contribution in [0.1, 0.15) is 0 Å². The van der Waals surface area contributed by atoms with Crippen molar-refractivity contribution in [1.82, 2.24) is 9.97 Å². The highest BCUT2D eigenvalue weighted by molar-refractivity contribution is 9.10. The van der Waals surface area contributed by atoms with E-state index in [4.69, 9.17) is 9.72 Å². The summed E-state index contributed by atoms with van der Waals surface area (Å²) in [7, 11) is 0. The Balaban J connectivity index is 1.56. The van der Waals surface area contributed by atoms with Crippen molar-refractivity contribution in [3.05, 3.63) is 118 Å². The van der Waals surface area contributed by atoms with Crippen LogP contribution in [0, 0.1) is 10.1 Å². The molecule has 0 amide bonds. The maximum Gasteiger partial charge on any atom is 0.284 e. The lowest BCUT2D eigenvalue weighted by Gasteiger charge is -2.07. The molecule has 7 heteroatoms.